The molecule has 0 aromatic carbocycles. The predicted molar refractivity (Wildman–Crippen MR) is 76.0 cm³/mol. The van der Waals surface area contributed by atoms with E-state index >= 15 is 0 Å². The molecule has 3 rings (SSSR count). The lowest BCUT2D eigenvalue weighted by Crippen LogP contribution is -2.46. The highest BCUT2D eigenvalue weighted by molar-refractivity contribution is 5.14. The van der Waals surface area contributed by atoms with Crippen LogP contribution in [0.2, 0.25) is 0 Å². The lowest BCUT2D eigenvalue weighted by Gasteiger charge is -2.33. The highest BCUT2D eigenvalue weighted by atomic mass is 15.4. The molecule has 3 aliphatic rings. The fraction of sp³-hybridized carbons (Fsp3) is 0.875. The van der Waals surface area contributed by atoms with E-state index < -0.39 is 0 Å². The number of fused-ring (bicyclic) bond motifs is 5. The summed E-state index contributed by atoms with van der Waals surface area (Å²) >= 11 is 0. The molecule has 2 heteroatoms. The topological polar surface area (TPSA) is 0 Å². The van der Waals surface area contributed by atoms with Gasteiger partial charge in [-0.1, -0.05) is 12.2 Å². The molecule has 1 heterocycles. The van der Waals surface area contributed by atoms with Crippen molar-refractivity contribution in [2.24, 2.45) is 23.7 Å². The molecular weight excluding hydrogens is 220 g/mol. The van der Waals surface area contributed by atoms with Gasteiger partial charge >= 0.3 is 0 Å². The number of rotatable bonds is 4. The minimum absolute atomic E-state index is 0.943. The third kappa shape index (κ3) is 2.25. The molecule has 2 bridgehead atoms. The standard InChI is InChI=1S/C16H30N2/c1-17(2,3)8-5-9-18(4)11-15-13-6-7-14(10-13)16(15)12-18/h6-7,13-16H,5,8-12H2,1-4H3/q+2/t13-,14-,15-,16+,18?/m0/s1. The van der Waals surface area contributed by atoms with Crippen LogP contribution in [0.15, 0.2) is 12.2 Å². The molecule has 2 fully saturated rings. The van der Waals surface area contributed by atoms with Gasteiger partial charge in [0, 0.05) is 18.3 Å². The number of nitrogens with zero attached hydrogens (tertiary/aromatic N) is 2. The van der Waals surface area contributed by atoms with Crippen molar-refractivity contribution in [3.63, 3.8) is 0 Å². The largest absolute Gasteiger partial charge is 0.331 e. The summed E-state index contributed by atoms with van der Waals surface area (Å²) in [5.74, 6) is 3.93. The van der Waals surface area contributed by atoms with Crippen molar-refractivity contribution in [3.05, 3.63) is 12.2 Å². The smallest absolute Gasteiger partial charge is 0.0839 e. The van der Waals surface area contributed by atoms with Gasteiger partial charge in [-0.25, -0.2) is 0 Å². The molecule has 0 amide bonds. The van der Waals surface area contributed by atoms with E-state index in [0.717, 1.165) is 28.2 Å². The Labute approximate surface area is 112 Å². The molecule has 1 unspecified atom stereocenters. The molecule has 1 saturated carbocycles. The second-order valence-corrected chi connectivity index (χ2v) is 8.35. The summed E-state index contributed by atoms with van der Waals surface area (Å²) in [6.07, 6.45) is 7.90. The number of allylic oxidation sites excluding steroid dienone is 2. The Morgan fingerprint density at radius 3 is 2.11 bits per heavy atom. The average Bonchev–Trinajstić information content (AvgIpc) is 2.85. The summed E-state index contributed by atoms with van der Waals surface area (Å²) < 4.78 is 2.46. The molecule has 0 radical (unpaired) electrons. The number of hydrogen-bond acceptors (Lipinski definition) is 0. The third-order valence-corrected chi connectivity index (χ3v) is 5.63. The van der Waals surface area contributed by atoms with Gasteiger partial charge in [-0.3, -0.25) is 0 Å². The normalized spacial score (nSPS) is 45.8. The van der Waals surface area contributed by atoms with E-state index in [4.69, 9.17) is 0 Å². The highest BCUT2D eigenvalue weighted by Crippen LogP contribution is 2.52. The zero-order valence-corrected chi connectivity index (χ0v) is 12.6. The molecular formula is C16H30N2+2. The van der Waals surface area contributed by atoms with E-state index in [1.165, 1.54) is 43.5 Å². The van der Waals surface area contributed by atoms with Gasteiger partial charge < -0.3 is 8.97 Å². The van der Waals surface area contributed by atoms with Crippen molar-refractivity contribution < 1.29 is 8.97 Å². The Morgan fingerprint density at radius 1 is 1.06 bits per heavy atom. The quantitative estimate of drug-likeness (QED) is 0.529. The van der Waals surface area contributed by atoms with Crippen LogP contribution in [-0.2, 0) is 0 Å². The fourth-order valence-corrected chi connectivity index (χ4v) is 4.77. The minimum Gasteiger partial charge on any atom is -0.331 e. The first-order valence-corrected chi connectivity index (χ1v) is 7.69. The van der Waals surface area contributed by atoms with E-state index in [-0.39, 0.29) is 0 Å². The first kappa shape index (κ1) is 12.7. The van der Waals surface area contributed by atoms with Crippen LogP contribution < -0.4 is 0 Å². The Kier molecular flexibility index (Phi) is 2.87. The lowest BCUT2D eigenvalue weighted by molar-refractivity contribution is -0.910. The van der Waals surface area contributed by atoms with Crippen molar-refractivity contribution in [2.75, 3.05) is 54.4 Å². The van der Waals surface area contributed by atoms with Crippen molar-refractivity contribution >= 4 is 0 Å². The Balaban J connectivity index is 1.55. The van der Waals surface area contributed by atoms with Crippen LogP contribution in [0.4, 0.5) is 0 Å². The number of hydrogen-bond donors (Lipinski definition) is 0. The molecule has 1 saturated heterocycles. The zero-order chi connectivity index (χ0) is 13.0. The zero-order valence-electron chi connectivity index (χ0n) is 12.6. The van der Waals surface area contributed by atoms with Gasteiger partial charge in [0.1, 0.15) is 0 Å². The van der Waals surface area contributed by atoms with Gasteiger partial charge in [0.05, 0.1) is 54.4 Å². The highest BCUT2D eigenvalue weighted by Gasteiger charge is 2.54. The molecule has 5 atom stereocenters. The van der Waals surface area contributed by atoms with E-state index in [9.17, 15) is 0 Å². The van der Waals surface area contributed by atoms with Gasteiger partial charge in [0.2, 0.25) is 0 Å². The molecule has 0 spiro atoms. The predicted octanol–water partition coefficient (Wildman–Crippen LogP) is 1.98. The molecule has 102 valence electrons. The second-order valence-electron chi connectivity index (χ2n) is 8.35. The Morgan fingerprint density at radius 2 is 1.61 bits per heavy atom. The summed E-state index contributed by atoms with van der Waals surface area (Å²) in [6, 6.07) is 0. The van der Waals surface area contributed by atoms with Crippen LogP contribution >= 0.6 is 0 Å². The van der Waals surface area contributed by atoms with E-state index in [2.05, 4.69) is 40.3 Å². The molecule has 1 aliphatic heterocycles. The van der Waals surface area contributed by atoms with Gasteiger partial charge in [0.15, 0.2) is 0 Å². The summed E-state index contributed by atoms with van der Waals surface area (Å²) in [7, 11) is 9.43. The maximum absolute atomic E-state index is 2.52. The second kappa shape index (κ2) is 4.08. The summed E-state index contributed by atoms with van der Waals surface area (Å²) in [6.45, 7) is 5.61. The Bertz CT molecular complexity index is 333. The SMILES string of the molecule is C[N+](C)(C)CCC[N+]1(C)C[C@@H]2[C@H](C1)[C@H]1C=C[C@H]2C1. The third-order valence-electron chi connectivity index (χ3n) is 5.63. The Hall–Kier alpha value is -0.340. The minimum atomic E-state index is 0.943. The molecule has 0 aromatic heterocycles. The van der Waals surface area contributed by atoms with Crippen LogP contribution in [0.3, 0.4) is 0 Å². The van der Waals surface area contributed by atoms with Crippen LogP contribution in [0.1, 0.15) is 12.8 Å². The summed E-state index contributed by atoms with van der Waals surface area (Å²) in [5, 5.41) is 0. The van der Waals surface area contributed by atoms with Crippen LogP contribution in [0, 0.1) is 23.7 Å². The molecule has 2 nitrogen and oxygen atoms in total. The van der Waals surface area contributed by atoms with E-state index in [0.29, 0.717) is 0 Å². The van der Waals surface area contributed by atoms with Crippen molar-refractivity contribution in [2.45, 2.75) is 12.8 Å². The number of quaternary nitrogens is 2. The molecule has 2 aliphatic carbocycles. The van der Waals surface area contributed by atoms with Gasteiger partial charge in [-0.15, -0.1) is 0 Å². The summed E-state index contributed by atoms with van der Waals surface area (Å²) in [4.78, 5) is 0. The van der Waals surface area contributed by atoms with Crippen molar-refractivity contribution in [1.82, 2.24) is 0 Å². The van der Waals surface area contributed by atoms with Crippen molar-refractivity contribution in [3.8, 4) is 0 Å². The van der Waals surface area contributed by atoms with Crippen LogP contribution in [-0.4, -0.2) is 63.3 Å². The molecule has 0 aromatic rings. The fourth-order valence-electron chi connectivity index (χ4n) is 4.77. The van der Waals surface area contributed by atoms with Gasteiger partial charge in [-0.05, 0) is 18.3 Å². The molecule has 0 N–H and O–H groups in total. The first-order valence-electron chi connectivity index (χ1n) is 7.69. The number of likely N-dealkylation sites (tertiary alicyclic amines) is 1. The molecule has 18 heavy (non-hydrogen) atoms. The monoisotopic (exact) mass is 250 g/mol. The first-order chi connectivity index (χ1) is 8.36. The summed E-state index contributed by atoms with van der Waals surface area (Å²) in [5.41, 5.74) is 0. The van der Waals surface area contributed by atoms with Crippen LogP contribution in [0.25, 0.3) is 0 Å². The van der Waals surface area contributed by atoms with E-state index in [1.54, 1.807) is 0 Å². The van der Waals surface area contributed by atoms with Gasteiger partial charge in [-0.2, -0.15) is 0 Å². The lowest BCUT2D eigenvalue weighted by atomic mass is 9.86. The van der Waals surface area contributed by atoms with Gasteiger partial charge in [0.25, 0.3) is 0 Å². The average molecular weight is 250 g/mol. The van der Waals surface area contributed by atoms with Crippen molar-refractivity contribution in [1.29, 1.82) is 0 Å². The van der Waals surface area contributed by atoms with E-state index in [1.807, 2.05) is 0 Å². The maximum atomic E-state index is 2.52. The van der Waals surface area contributed by atoms with Crippen LogP contribution in [0.5, 0.6) is 0 Å². The maximum Gasteiger partial charge on any atom is 0.0839 e.